The highest BCUT2D eigenvalue weighted by Crippen LogP contribution is 2.34. The summed E-state index contributed by atoms with van der Waals surface area (Å²) in [5.41, 5.74) is 3.39. The number of benzene rings is 2. The number of hydrogen-bond acceptors (Lipinski definition) is 5. The number of carbonyl (C=O) groups is 2. The number of hydrazone groups is 1. The SMILES string of the molecule is COc1cc(C=NNC(=O)C(C)NC(=O)c2ccccc2Br)cc(Br)c1O. The summed E-state index contributed by atoms with van der Waals surface area (Å²) in [4.78, 5) is 24.3. The summed E-state index contributed by atoms with van der Waals surface area (Å²) in [6, 6.07) is 9.32. The van der Waals surface area contributed by atoms with E-state index >= 15 is 0 Å². The third-order valence-electron chi connectivity index (χ3n) is 3.52. The molecule has 0 aromatic heterocycles. The number of rotatable bonds is 6. The molecule has 0 spiro atoms. The van der Waals surface area contributed by atoms with Gasteiger partial charge >= 0.3 is 0 Å². The Bertz CT molecular complexity index is 887. The molecular weight excluding hydrogens is 482 g/mol. The number of aromatic hydroxyl groups is 1. The number of phenolic OH excluding ortho intramolecular Hbond substituents is 1. The number of phenols is 1. The maximum Gasteiger partial charge on any atom is 0.262 e. The lowest BCUT2D eigenvalue weighted by Gasteiger charge is -2.13. The number of nitrogens with zero attached hydrogens (tertiary/aromatic N) is 1. The molecule has 0 aliphatic rings. The molecular formula is C18H17Br2N3O4. The Morgan fingerprint density at radius 2 is 1.93 bits per heavy atom. The standard InChI is InChI=1S/C18H17Br2N3O4/c1-10(22-18(26)12-5-3-4-6-13(12)19)17(25)23-21-9-11-7-14(20)16(24)15(8-11)27-2/h3-10,24H,1-2H3,(H,22,26)(H,23,25). The summed E-state index contributed by atoms with van der Waals surface area (Å²) in [5.74, 6) is -0.605. The van der Waals surface area contributed by atoms with Crippen molar-refractivity contribution in [2.45, 2.75) is 13.0 Å². The van der Waals surface area contributed by atoms with Crippen molar-refractivity contribution in [2.24, 2.45) is 5.10 Å². The molecule has 0 bridgehead atoms. The van der Waals surface area contributed by atoms with Crippen molar-refractivity contribution >= 4 is 49.9 Å². The first kappa shape index (κ1) is 20.9. The normalized spacial score (nSPS) is 11.9. The first-order valence-electron chi connectivity index (χ1n) is 7.78. The quantitative estimate of drug-likeness (QED) is 0.420. The highest BCUT2D eigenvalue weighted by atomic mass is 79.9. The Balaban J connectivity index is 1.97. The molecule has 2 aromatic rings. The zero-order chi connectivity index (χ0) is 20.0. The van der Waals surface area contributed by atoms with E-state index < -0.39 is 11.9 Å². The van der Waals surface area contributed by atoms with Crippen LogP contribution in [0.4, 0.5) is 0 Å². The minimum absolute atomic E-state index is 0.0258. The summed E-state index contributed by atoms with van der Waals surface area (Å²) < 4.78 is 6.12. The largest absolute Gasteiger partial charge is 0.503 e. The summed E-state index contributed by atoms with van der Waals surface area (Å²) in [6.45, 7) is 1.56. The Morgan fingerprint density at radius 3 is 2.59 bits per heavy atom. The average Bonchev–Trinajstić information content (AvgIpc) is 2.64. The molecule has 3 N–H and O–H groups in total. The van der Waals surface area contributed by atoms with Crippen LogP contribution in [0, 0.1) is 0 Å². The first-order valence-corrected chi connectivity index (χ1v) is 9.37. The number of halogens is 2. The fourth-order valence-corrected chi connectivity index (χ4v) is 3.00. The zero-order valence-electron chi connectivity index (χ0n) is 14.5. The van der Waals surface area contributed by atoms with E-state index in [0.717, 1.165) is 0 Å². The Labute approximate surface area is 173 Å². The molecule has 0 saturated heterocycles. The van der Waals surface area contributed by atoms with E-state index in [2.05, 4.69) is 47.7 Å². The van der Waals surface area contributed by atoms with E-state index in [1.165, 1.54) is 13.3 Å². The van der Waals surface area contributed by atoms with Crippen LogP contribution < -0.4 is 15.5 Å². The molecule has 2 rings (SSSR count). The van der Waals surface area contributed by atoms with Crippen molar-refractivity contribution in [3.8, 4) is 11.5 Å². The first-order chi connectivity index (χ1) is 12.8. The zero-order valence-corrected chi connectivity index (χ0v) is 17.7. The summed E-state index contributed by atoms with van der Waals surface area (Å²) in [7, 11) is 1.43. The van der Waals surface area contributed by atoms with Gasteiger partial charge < -0.3 is 15.2 Å². The number of amides is 2. The molecule has 1 unspecified atom stereocenters. The second kappa shape index (κ2) is 9.52. The third kappa shape index (κ3) is 5.54. The maximum atomic E-state index is 12.2. The van der Waals surface area contributed by atoms with Crippen LogP contribution in [0.5, 0.6) is 11.5 Å². The molecule has 1 atom stereocenters. The Kier molecular flexibility index (Phi) is 7.37. The lowest BCUT2D eigenvalue weighted by atomic mass is 10.2. The fourth-order valence-electron chi connectivity index (χ4n) is 2.08. The summed E-state index contributed by atoms with van der Waals surface area (Å²) in [6.07, 6.45) is 1.40. The molecule has 0 aliphatic carbocycles. The van der Waals surface area contributed by atoms with Gasteiger partial charge in [0.05, 0.1) is 23.4 Å². The fraction of sp³-hybridized carbons (Fsp3) is 0.167. The van der Waals surface area contributed by atoms with E-state index in [9.17, 15) is 14.7 Å². The second-order valence-corrected chi connectivity index (χ2v) is 7.17. The predicted molar refractivity (Wildman–Crippen MR) is 109 cm³/mol. The van der Waals surface area contributed by atoms with E-state index in [1.807, 2.05) is 0 Å². The number of methoxy groups -OCH3 is 1. The number of carbonyl (C=O) groups excluding carboxylic acids is 2. The van der Waals surface area contributed by atoms with E-state index in [4.69, 9.17) is 4.74 Å². The molecule has 0 radical (unpaired) electrons. The monoisotopic (exact) mass is 497 g/mol. The Hall–Kier alpha value is -2.39. The highest BCUT2D eigenvalue weighted by molar-refractivity contribution is 9.10. The molecule has 9 heteroatoms. The van der Waals surface area contributed by atoms with Gasteiger partial charge in [-0.1, -0.05) is 12.1 Å². The smallest absolute Gasteiger partial charge is 0.262 e. The lowest BCUT2D eigenvalue weighted by Crippen LogP contribution is -2.43. The van der Waals surface area contributed by atoms with Crippen molar-refractivity contribution in [1.82, 2.24) is 10.7 Å². The molecule has 27 heavy (non-hydrogen) atoms. The van der Waals surface area contributed by atoms with Gasteiger partial charge in [-0.15, -0.1) is 0 Å². The molecule has 2 aromatic carbocycles. The van der Waals surface area contributed by atoms with Crippen LogP contribution in [-0.4, -0.2) is 36.3 Å². The lowest BCUT2D eigenvalue weighted by molar-refractivity contribution is -0.122. The van der Waals surface area contributed by atoms with Crippen LogP contribution in [-0.2, 0) is 4.79 Å². The number of ether oxygens (including phenoxy) is 1. The van der Waals surface area contributed by atoms with E-state index in [0.29, 0.717) is 20.1 Å². The van der Waals surface area contributed by atoms with Gasteiger partial charge in [0.15, 0.2) is 11.5 Å². The van der Waals surface area contributed by atoms with Crippen molar-refractivity contribution in [3.05, 3.63) is 56.5 Å². The predicted octanol–water partition coefficient (Wildman–Crippen LogP) is 3.19. The van der Waals surface area contributed by atoms with Gasteiger partial charge in [0.2, 0.25) is 0 Å². The van der Waals surface area contributed by atoms with Gasteiger partial charge in [0.1, 0.15) is 6.04 Å². The van der Waals surface area contributed by atoms with Gasteiger partial charge in [-0.3, -0.25) is 9.59 Å². The van der Waals surface area contributed by atoms with Crippen LogP contribution in [0.1, 0.15) is 22.8 Å². The van der Waals surface area contributed by atoms with Gasteiger partial charge in [-0.2, -0.15) is 5.10 Å². The third-order valence-corrected chi connectivity index (χ3v) is 4.81. The maximum absolute atomic E-state index is 12.2. The van der Waals surface area contributed by atoms with Crippen molar-refractivity contribution < 1.29 is 19.4 Å². The summed E-state index contributed by atoms with van der Waals surface area (Å²) >= 11 is 6.50. The van der Waals surface area contributed by atoms with Crippen LogP contribution in [0.2, 0.25) is 0 Å². The number of hydrogen-bond donors (Lipinski definition) is 3. The van der Waals surface area contributed by atoms with Crippen molar-refractivity contribution in [3.63, 3.8) is 0 Å². The average molecular weight is 499 g/mol. The molecule has 0 saturated carbocycles. The van der Waals surface area contributed by atoms with Crippen molar-refractivity contribution in [1.29, 1.82) is 0 Å². The molecule has 0 heterocycles. The van der Waals surface area contributed by atoms with Crippen LogP contribution in [0.3, 0.4) is 0 Å². The van der Waals surface area contributed by atoms with Gasteiger partial charge in [0.25, 0.3) is 11.8 Å². The second-order valence-electron chi connectivity index (χ2n) is 5.46. The van der Waals surface area contributed by atoms with Gasteiger partial charge in [-0.05, 0) is 68.6 Å². The van der Waals surface area contributed by atoms with Gasteiger partial charge in [-0.25, -0.2) is 5.43 Å². The summed E-state index contributed by atoms with van der Waals surface area (Å²) in [5, 5.41) is 16.2. The van der Waals surface area contributed by atoms with Crippen LogP contribution in [0.15, 0.2) is 50.4 Å². The molecule has 142 valence electrons. The molecule has 0 fully saturated rings. The minimum atomic E-state index is -0.789. The number of nitrogens with one attached hydrogen (secondary N) is 2. The van der Waals surface area contributed by atoms with E-state index in [1.54, 1.807) is 43.3 Å². The molecule has 7 nitrogen and oxygen atoms in total. The molecule has 0 aliphatic heterocycles. The highest BCUT2D eigenvalue weighted by Gasteiger charge is 2.17. The minimum Gasteiger partial charge on any atom is -0.503 e. The van der Waals surface area contributed by atoms with Gasteiger partial charge in [0, 0.05) is 4.47 Å². The topological polar surface area (TPSA) is 100 Å². The molecule has 2 amide bonds. The Morgan fingerprint density at radius 1 is 1.22 bits per heavy atom. The van der Waals surface area contributed by atoms with Crippen LogP contribution >= 0.6 is 31.9 Å². The van der Waals surface area contributed by atoms with E-state index in [-0.39, 0.29) is 17.4 Å². The van der Waals surface area contributed by atoms with Crippen LogP contribution in [0.25, 0.3) is 0 Å². The van der Waals surface area contributed by atoms with Crippen molar-refractivity contribution in [2.75, 3.05) is 7.11 Å².